The third-order valence-corrected chi connectivity index (χ3v) is 3.92. The highest BCUT2D eigenvalue weighted by molar-refractivity contribution is 5.93. The second-order valence-electron chi connectivity index (χ2n) is 5.93. The van der Waals surface area contributed by atoms with Gasteiger partial charge in [0.05, 0.1) is 7.11 Å². The quantitative estimate of drug-likeness (QED) is 0.554. The lowest BCUT2D eigenvalue weighted by atomic mass is 9.94. The Hall–Kier alpha value is -2.35. The number of hydrogen-bond donors (Lipinski definition) is 0. The molecule has 0 amide bonds. The Morgan fingerprint density at radius 2 is 1.70 bits per heavy atom. The molecular weight excluding hydrogens is 284 g/mol. The summed E-state index contributed by atoms with van der Waals surface area (Å²) >= 11 is 0. The Bertz CT molecular complexity index is 669. The van der Waals surface area contributed by atoms with Gasteiger partial charge in [-0.15, -0.1) is 0 Å². The third kappa shape index (κ3) is 4.82. The van der Waals surface area contributed by atoms with Crippen molar-refractivity contribution in [2.75, 3.05) is 7.11 Å². The Balaban J connectivity index is 2.26. The van der Waals surface area contributed by atoms with E-state index >= 15 is 0 Å². The Morgan fingerprint density at radius 3 is 2.35 bits per heavy atom. The largest absolute Gasteiger partial charge is 0.466 e. The molecule has 0 N–H and O–H groups in total. The summed E-state index contributed by atoms with van der Waals surface area (Å²) in [5.74, 6) is 0.162. The highest BCUT2D eigenvalue weighted by atomic mass is 16.5. The number of carbonyl (C=O) groups is 1. The topological polar surface area (TPSA) is 26.3 Å². The highest BCUT2D eigenvalue weighted by Gasteiger charge is 2.12. The van der Waals surface area contributed by atoms with E-state index in [2.05, 4.69) is 38.1 Å². The molecule has 0 atom stereocenters. The summed E-state index contributed by atoms with van der Waals surface area (Å²) in [6.07, 6.45) is 3.47. The molecule has 2 aromatic rings. The number of benzene rings is 2. The fourth-order valence-corrected chi connectivity index (χ4v) is 2.64. The third-order valence-electron chi connectivity index (χ3n) is 3.92. The van der Waals surface area contributed by atoms with Crippen LogP contribution in [0, 0.1) is 0 Å². The molecule has 0 unspecified atom stereocenters. The maximum absolute atomic E-state index is 12.1. The molecule has 0 fully saturated rings. The first-order chi connectivity index (χ1) is 11.1. The molecule has 0 heterocycles. The Kier molecular flexibility index (Phi) is 6.16. The molecule has 120 valence electrons. The van der Waals surface area contributed by atoms with Crippen molar-refractivity contribution in [1.29, 1.82) is 0 Å². The van der Waals surface area contributed by atoms with Crippen molar-refractivity contribution in [3.05, 3.63) is 76.9 Å². The molecule has 2 nitrogen and oxygen atoms in total. The molecule has 0 bridgehead atoms. The van der Waals surface area contributed by atoms with Gasteiger partial charge in [-0.25, -0.2) is 4.79 Å². The van der Waals surface area contributed by atoms with Crippen LogP contribution in [0.15, 0.2) is 60.2 Å². The van der Waals surface area contributed by atoms with E-state index in [9.17, 15) is 4.79 Å². The molecule has 0 aliphatic rings. The van der Waals surface area contributed by atoms with E-state index in [0.29, 0.717) is 17.9 Å². The second kappa shape index (κ2) is 8.33. The van der Waals surface area contributed by atoms with E-state index in [1.165, 1.54) is 18.2 Å². The van der Waals surface area contributed by atoms with Crippen LogP contribution in [0.2, 0.25) is 0 Å². The van der Waals surface area contributed by atoms with Crippen LogP contribution >= 0.6 is 0 Å². The van der Waals surface area contributed by atoms with E-state index in [1.54, 1.807) is 0 Å². The summed E-state index contributed by atoms with van der Waals surface area (Å²) in [7, 11) is 1.44. The van der Waals surface area contributed by atoms with Gasteiger partial charge in [0.1, 0.15) is 0 Å². The summed E-state index contributed by atoms with van der Waals surface area (Å²) in [4.78, 5) is 12.1. The smallest absolute Gasteiger partial charge is 0.333 e. The van der Waals surface area contributed by atoms with Crippen LogP contribution in [-0.4, -0.2) is 13.1 Å². The summed E-state index contributed by atoms with van der Waals surface area (Å²) in [5.41, 5.74) is 4.27. The minimum Gasteiger partial charge on any atom is -0.466 e. The first-order valence-electron chi connectivity index (χ1n) is 8.03. The van der Waals surface area contributed by atoms with Crippen LogP contribution in [0.5, 0.6) is 0 Å². The first-order valence-corrected chi connectivity index (χ1v) is 8.03. The number of rotatable bonds is 6. The van der Waals surface area contributed by atoms with Crippen molar-refractivity contribution in [1.82, 2.24) is 0 Å². The molecule has 0 spiro atoms. The molecule has 2 heteroatoms. The fraction of sp³-hybridized carbons (Fsp3) is 0.286. The van der Waals surface area contributed by atoms with E-state index in [0.717, 1.165) is 12.0 Å². The van der Waals surface area contributed by atoms with Gasteiger partial charge in [-0.2, -0.15) is 0 Å². The van der Waals surface area contributed by atoms with Crippen LogP contribution < -0.4 is 0 Å². The minimum atomic E-state index is -0.250. The van der Waals surface area contributed by atoms with Crippen molar-refractivity contribution < 1.29 is 9.53 Å². The number of esters is 1. The summed E-state index contributed by atoms with van der Waals surface area (Å²) in [6.45, 7) is 4.32. The van der Waals surface area contributed by atoms with Gasteiger partial charge in [0.25, 0.3) is 0 Å². The second-order valence-corrected chi connectivity index (χ2v) is 5.93. The summed E-state index contributed by atoms with van der Waals surface area (Å²) in [6, 6.07) is 18.4. The van der Waals surface area contributed by atoms with Gasteiger partial charge < -0.3 is 4.74 Å². The zero-order valence-corrected chi connectivity index (χ0v) is 14.1. The van der Waals surface area contributed by atoms with Crippen LogP contribution in [0.3, 0.4) is 0 Å². The van der Waals surface area contributed by atoms with Crippen molar-refractivity contribution in [3.63, 3.8) is 0 Å². The van der Waals surface area contributed by atoms with E-state index < -0.39 is 0 Å². The number of aryl methyl sites for hydroxylation is 1. The normalized spacial score (nSPS) is 11.6. The van der Waals surface area contributed by atoms with E-state index in [-0.39, 0.29) is 5.97 Å². The predicted molar refractivity (Wildman–Crippen MR) is 95.3 cm³/mol. The molecule has 0 saturated carbocycles. The average molecular weight is 308 g/mol. The van der Waals surface area contributed by atoms with Crippen molar-refractivity contribution in [3.8, 4) is 0 Å². The lowest BCUT2D eigenvalue weighted by molar-refractivity contribution is -0.136. The average Bonchev–Trinajstić information content (AvgIpc) is 2.59. The molecule has 0 radical (unpaired) electrons. The van der Waals surface area contributed by atoms with Crippen molar-refractivity contribution >= 4 is 12.0 Å². The molecule has 0 saturated heterocycles. The van der Waals surface area contributed by atoms with Gasteiger partial charge in [0, 0.05) is 5.57 Å². The number of carbonyl (C=O) groups excluding carboxylic acids is 1. The maximum Gasteiger partial charge on any atom is 0.333 e. The maximum atomic E-state index is 12.1. The SMILES string of the molecule is COC(=O)/C(=C/c1ccccc1C(C)C)CCc1ccccc1. The van der Waals surface area contributed by atoms with Gasteiger partial charge in [-0.05, 0) is 41.5 Å². The highest BCUT2D eigenvalue weighted by Crippen LogP contribution is 2.23. The summed E-state index contributed by atoms with van der Waals surface area (Å²) in [5, 5.41) is 0. The van der Waals surface area contributed by atoms with Gasteiger partial charge in [-0.1, -0.05) is 68.4 Å². The first kappa shape index (κ1) is 17.0. The van der Waals surface area contributed by atoms with Crippen LogP contribution in [-0.2, 0) is 16.0 Å². The molecule has 2 rings (SSSR count). The van der Waals surface area contributed by atoms with Gasteiger partial charge in [0.15, 0.2) is 0 Å². The van der Waals surface area contributed by atoms with Gasteiger partial charge >= 0.3 is 5.97 Å². The monoisotopic (exact) mass is 308 g/mol. The molecule has 0 aliphatic heterocycles. The predicted octanol–water partition coefficient (Wildman–Crippen LogP) is 5.00. The van der Waals surface area contributed by atoms with Gasteiger partial charge in [0.2, 0.25) is 0 Å². The standard InChI is InChI=1S/C21H24O2/c1-16(2)20-12-8-7-11-18(20)15-19(21(22)23-3)14-13-17-9-5-4-6-10-17/h4-12,15-16H,13-14H2,1-3H3/b19-15+. The molecule has 0 aliphatic carbocycles. The lowest BCUT2D eigenvalue weighted by Gasteiger charge is -2.11. The van der Waals surface area contributed by atoms with Crippen molar-refractivity contribution in [2.24, 2.45) is 0 Å². The fourth-order valence-electron chi connectivity index (χ4n) is 2.64. The Morgan fingerprint density at radius 1 is 1.04 bits per heavy atom. The number of methoxy groups -OCH3 is 1. The van der Waals surface area contributed by atoms with E-state index in [1.807, 2.05) is 36.4 Å². The molecule has 23 heavy (non-hydrogen) atoms. The Labute approximate surface area is 138 Å². The zero-order valence-electron chi connectivity index (χ0n) is 14.1. The number of hydrogen-bond acceptors (Lipinski definition) is 2. The van der Waals surface area contributed by atoms with Gasteiger partial charge in [-0.3, -0.25) is 0 Å². The minimum absolute atomic E-state index is 0.250. The molecular formula is C21H24O2. The molecule has 2 aromatic carbocycles. The zero-order chi connectivity index (χ0) is 16.7. The van der Waals surface area contributed by atoms with Crippen LogP contribution in [0.1, 0.15) is 42.9 Å². The van der Waals surface area contributed by atoms with E-state index in [4.69, 9.17) is 4.74 Å². The number of ether oxygens (including phenoxy) is 1. The van der Waals surface area contributed by atoms with Crippen LogP contribution in [0.4, 0.5) is 0 Å². The lowest BCUT2D eigenvalue weighted by Crippen LogP contribution is -2.06. The van der Waals surface area contributed by atoms with Crippen LogP contribution in [0.25, 0.3) is 6.08 Å². The van der Waals surface area contributed by atoms with Crippen molar-refractivity contribution in [2.45, 2.75) is 32.6 Å². The molecule has 0 aromatic heterocycles. The summed E-state index contributed by atoms with van der Waals surface area (Å²) < 4.78 is 4.97.